The number of rotatable bonds is 2. The van der Waals surface area contributed by atoms with Crippen LogP contribution in [0.3, 0.4) is 0 Å². The van der Waals surface area contributed by atoms with Crippen molar-refractivity contribution >= 4 is 5.91 Å². The van der Waals surface area contributed by atoms with Crippen LogP contribution in [0.25, 0.3) is 0 Å². The minimum Gasteiger partial charge on any atom is -0.368 e. The van der Waals surface area contributed by atoms with Crippen LogP contribution in [0, 0.1) is 0 Å². The lowest BCUT2D eigenvalue weighted by Crippen LogP contribution is -2.22. The molecule has 0 rings (SSSR count). The van der Waals surface area contributed by atoms with Crippen LogP contribution in [-0.2, 0) is 4.79 Å². The van der Waals surface area contributed by atoms with Crippen LogP contribution in [0.15, 0.2) is 0 Å². The first kappa shape index (κ1) is 5.36. The molecule has 3 nitrogen and oxygen atoms in total. The van der Waals surface area contributed by atoms with Crippen LogP contribution in [0.1, 0.15) is 0 Å². The fourth-order valence-corrected chi connectivity index (χ4v) is 0.0659. The van der Waals surface area contributed by atoms with Gasteiger partial charge in [-0.15, -0.1) is 10.0 Å². The summed E-state index contributed by atoms with van der Waals surface area (Å²) in [5.74, 6) is -0.697. The monoisotopic (exact) mass is 92.0 g/mol. The maximum absolute atomic E-state index is 10.7. The molecule has 0 aliphatic carbocycles. The summed E-state index contributed by atoms with van der Waals surface area (Å²) < 4.78 is 10.7. The molecule has 0 heterocycles. The number of nitrogens with one attached hydrogen (secondary N) is 1. The molecule has 0 saturated heterocycles. The molecule has 0 aromatic rings. The first-order valence-corrected chi connectivity index (χ1v) is 1.39. The maximum Gasteiger partial charge on any atom is 0.234 e. The Labute approximate surface area is 34.3 Å². The van der Waals surface area contributed by atoms with Crippen LogP contribution >= 0.6 is 0 Å². The van der Waals surface area contributed by atoms with Crippen molar-refractivity contribution in [3.05, 3.63) is 0 Å². The SMILES string of the molecule is NC(=O)CNF. The molecule has 0 atom stereocenters. The van der Waals surface area contributed by atoms with Gasteiger partial charge in [0.15, 0.2) is 0 Å². The Morgan fingerprint density at radius 2 is 2.50 bits per heavy atom. The number of halogens is 1. The molecule has 3 N–H and O–H groups in total. The maximum atomic E-state index is 10.7. The second-order valence-corrected chi connectivity index (χ2v) is 0.777. The Kier molecular flexibility index (Phi) is 2.31. The van der Waals surface area contributed by atoms with Gasteiger partial charge in [-0.2, -0.15) is 0 Å². The summed E-state index contributed by atoms with van der Waals surface area (Å²) in [7, 11) is 0. The van der Waals surface area contributed by atoms with Gasteiger partial charge in [-0.25, -0.2) is 0 Å². The highest BCUT2D eigenvalue weighted by atomic mass is 19.2. The van der Waals surface area contributed by atoms with E-state index >= 15 is 0 Å². The normalized spacial score (nSPS) is 8.17. The Bertz CT molecular complexity index is 55.5. The van der Waals surface area contributed by atoms with Gasteiger partial charge in [-0.1, -0.05) is 0 Å². The topological polar surface area (TPSA) is 55.1 Å². The van der Waals surface area contributed by atoms with E-state index in [9.17, 15) is 9.28 Å². The third-order valence-electron chi connectivity index (χ3n) is 0.241. The Hall–Kier alpha value is -0.640. The van der Waals surface area contributed by atoms with Crippen molar-refractivity contribution in [2.75, 3.05) is 6.54 Å². The number of amides is 1. The average molecular weight is 92.1 g/mol. The smallest absolute Gasteiger partial charge is 0.234 e. The Morgan fingerprint density at radius 1 is 2.00 bits per heavy atom. The zero-order valence-electron chi connectivity index (χ0n) is 3.07. The van der Waals surface area contributed by atoms with Crippen molar-refractivity contribution in [1.82, 2.24) is 5.54 Å². The molecule has 1 amide bonds. The molecule has 36 valence electrons. The summed E-state index contributed by atoms with van der Waals surface area (Å²) >= 11 is 0. The van der Waals surface area contributed by atoms with E-state index in [0.717, 1.165) is 5.54 Å². The summed E-state index contributed by atoms with van der Waals surface area (Å²) in [5, 5.41) is 0. The Morgan fingerprint density at radius 3 is 2.50 bits per heavy atom. The number of hydrogen-bond donors (Lipinski definition) is 2. The number of hydrogen-bond acceptors (Lipinski definition) is 2. The van der Waals surface area contributed by atoms with Crippen molar-refractivity contribution in [1.29, 1.82) is 0 Å². The third kappa shape index (κ3) is 3.36. The molecule has 0 aromatic carbocycles. The van der Waals surface area contributed by atoms with Gasteiger partial charge in [0.25, 0.3) is 0 Å². The van der Waals surface area contributed by atoms with E-state index in [-0.39, 0.29) is 0 Å². The number of nitrogens with two attached hydrogens (primary N) is 1. The van der Waals surface area contributed by atoms with Gasteiger partial charge >= 0.3 is 0 Å². The number of primary amides is 1. The molecule has 0 aromatic heterocycles. The molecule has 0 spiro atoms. The standard InChI is InChI=1S/C2H5FN2O/c3-5-1-2(4)6/h5H,1H2,(H2,4,6). The zero-order valence-corrected chi connectivity index (χ0v) is 3.07. The second kappa shape index (κ2) is 2.59. The summed E-state index contributed by atoms with van der Waals surface area (Å²) in [6.07, 6.45) is 0. The molecule has 0 bridgehead atoms. The van der Waals surface area contributed by atoms with Crippen LogP contribution in [0.4, 0.5) is 4.48 Å². The van der Waals surface area contributed by atoms with Crippen LogP contribution in [0.5, 0.6) is 0 Å². The molecule has 4 heteroatoms. The van der Waals surface area contributed by atoms with E-state index in [1.165, 1.54) is 0 Å². The molecule has 6 heavy (non-hydrogen) atoms. The van der Waals surface area contributed by atoms with E-state index in [2.05, 4.69) is 5.73 Å². The van der Waals surface area contributed by atoms with Gasteiger partial charge in [0.05, 0.1) is 0 Å². The van der Waals surface area contributed by atoms with Gasteiger partial charge in [0, 0.05) is 0 Å². The number of carbonyl (C=O) groups excluding carboxylic acids is 1. The van der Waals surface area contributed by atoms with Crippen LogP contribution in [0.2, 0.25) is 0 Å². The van der Waals surface area contributed by atoms with Gasteiger partial charge in [-0.05, 0) is 0 Å². The van der Waals surface area contributed by atoms with Crippen LogP contribution < -0.4 is 11.3 Å². The fourth-order valence-electron chi connectivity index (χ4n) is 0.0659. The third-order valence-corrected chi connectivity index (χ3v) is 0.241. The van der Waals surface area contributed by atoms with Gasteiger partial charge < -0.3 is 5.73 Å². The van der Waals surface area contributed by atoms with Crippen molar-refractivity contribution in [2.24, 2.45) is 5.73 Å². The summed E-state index contributed by atoms with van der Waals surface area (Å²) in [5.41, 5.74) is 5.55. The van der Waals surface area contributed by atoms with Crippen molar-refractivity contribution in [3.63, 3.8) is 0 Å². The summed E-state index contributed by atoms with van der Waals surface area (Å²) in [4.78, 5) is 9.52. The summed E-state index contributed by atoms with van der Waals surface area (Å²) in [6, 6.07) is 0. The lowest BCUT2D eigenvalue weighted by Gasteiger charge is -1.81. The van der Waals surface area contributed by atoms with Gasteiger partial charge in [0.1, 0.15) is 6.54 Å². The molecular weight excluding hydrogens is 87.0 g/mol. The van der Waals surface area contributed by atoms with Crippen molar-refractivity contribution in [3.8, 4) is 0 Å². The lowest BCUT2D eigenvalue weighted by atomic mass is 10.7. The fraction of sp³-hybridized carbons (Fsp3) is 0.500. The molecule has 0 radical (unpaired) electrons. The molecule has 0 unspecified atom stereocenters. The Balaban J connectivity index is 2.83. The predicted octanol–water partition coefficient (Wildman–Crippen LogP) is -1.05. The zero-order chi connectivity index (χ0) is 4.99. The molecule has 0 fully saturated rings. The quantitative estimate of drug-likeness (QED) is 0.427. The van der Waals surface area contributed by atoms with Gasteiger partial charge in [-0.3, -0.25) is 4.79 Å². The minimum absolute atomic E-state index is 0.403. The van der Waals surface area contributed by atoms with E-state index in [4.69, 9.17) is 0 Å². The van der Waals surface area contributed by atoms with E-state index < -0.39 is 12.5 Å². The van der Waals surface area contributed by atoms with Crippen molar-refractivity contribution in [2.45, 2.75) is 0 Å². The average Bonchev–Trinajstić information content (AvgIpc) is 1.35. The first-order valence-electron chi connectivity index (χ1n) is 1.39. The molecule has 0 aliphatic rings. The van der Waals surface area contributed by atoms with E-state index in [1.807, 2.05) is 0 Å². The number of carbonyl (C=O) groups is 1. The first-order chi connectivity index (χ1) is 2.77. The van der Waals surface area contributed by atoms with E-state index in [0.29, 0.717) is 0 Å². The lowest BCUT2D eigenvalue weighted by molar-refractivity contribution is -0.117. The predicted molar refractivity (Wildman–Crippen MR) is 18.3 cm³/mol. The van der Waals surface area contributed by atoms with E-state index in [1.54, 1.807) is 0 Å². The van der Waals surface area contributed by atoms with Crippen molar-refractivity contribution < 1.29 is 9.28 Å². The largest absolute Gasteiger partial charge is 0.368 e. The highest BCUT2D eigenvalue weighted by molar-refractivity contribution is 5.75. The molecule has 0 saturated carbocycles. The molecular formula is C2H5FN2O. The highest BCUT2D eigenvalue weighted by Crippen LogP contribution is 1.50. The highest BCUT2D eigenvalue weighted by Gasteiger charge is 1.85. The minimum atomic E-state index is -0.697. The summed E-state index contributed by atoms with van der Waals surface area (Å²) in [6.45, 7) is -0.403. The molecule has 0 aliphatic heterocycles. The van der Waals surface area contributed by atoms with Crippen LogP contribution in [-0.4, -0.2) is 12.5 Å². The van der Waals surface area contributed by atoms with Gasteiger partial charge in [0.2, 0.25) is 5.91 Å². The second-order valence-electron chi connectivity index (χ2n) is 0.777.